The van der Waals surface area contributed by atoms with Gasteiger partial charge in [-0.3, -0.25) is 9.59 Å². The summed E-state index contributed by atoms with van der Waals surface area (Å²) in [6.07, 6.45) is 0. The Morgan fingerprint density at radius 1 is 1.00 bits per heavy atom. The molecule has 120 valence electrons. The van der Waals surface area contributed by atoms with Crippen molar-refractivity contribution in [1.29, 1.82) is 0 Å². The summed E-state index contributed by atoms with van der Waals surface area (Å²) < 4.78 is 5.50. The fourth-order valence-electron chi connectivity index (χ4n) is 2.29. The summed E-state index contributed by atoms with van der Waals surface area (Å²) in [7, 11) is 0. The third kappa shape index (κ3) is 4.76. The van der Waals surface area contributed by atoms with Crippen molar-refractivity contribution in [3.63, 3.8) is 0 Å². The number of likely N-dealkylation sites (N-methyl/N-ethyl adjacent to an activating group) is 1. The second-order valence-electron chi connectivity index (χ2n) is 5.22. The topological polar surface area (TPSA) is 46.6 Å². The number of anilines is 1. The van der Waals surface area contributed by atoms with Crippen LogP contribution in [0.25, 0.3) is 0 Å². The van der Waals surface area contributed by atoms with Crippen molar-refractivity contribution in [1.82, 2.24) is 0 Å². The van der Waals surface area contributed by atoms with Crippen LogP contribution in [0.4, 0.5) is 5.69 Å². The molecule has 0 spiro atoms. The number of hydrogen-bond donors (Lipinski definition) is 0. The number of Topliss-reactive ketones (excluding diaryl/α,β-unsaturated/α-hetero) is 1. The first-order valence-electron chi connectivity index (χ1n) is 7.65. The molecule has 0 unspecified atom stereocenters. The van der Waals surface area contributed by atoms with Gasteiger partial charge in [0, 0.05) is 17.8 Å². The van der Waals surface area contributed by atoms with Gasteiger partial charge < -0.3 is 9.64 Å². The number of carbonyl (C=O) groups is 2. The Morgan fingerprint density at radius 2 is 1.65 bits per heavy atom. The van der Waals surface area contributed by atoms with E-state index in [0.29, 0.717) is 18.7 Å². The van der Waals surface area contributed by atoms with Crippen molar-refractivity contribution in [3.8, 4) is 0 Å². The largest absolute Gasteiger partial charge is 0.367 e. The lowest BCUT2D eigenvalue weighted by Crippen LogP contribution is -2.33. The lowest BCUT2D eigenvalue weighted by Gasteiger charge is -2.21. The summed E-state index contributed by atoms with van der Waals surface area (Å²) in [4.78, 5) is 25.3. The highest BCUT2D eigenvalue weighted by Gasteiger charge is 2.14. The first kappa shape index (κ1) is 16.9. The molecule has 0 radical (unpaired) electrons. The van der Waals surface area contributed by atoms with Crippen LogP contribution in [0.3, 0.4) is 0 Å². The lowest BCUT2D eigenvalue weighted by molar-refractivity contribution is -0.123. The van der Waals surface area contributed by atoms with E-state index in [-0.39, 0.29) is 18.3 Å². The smallest absolute Gasteiger partial charge is 0.252 e. The molecule has 0 aliphatic carbocycles. The maximum Gasteiger partial charge on any atom is 0.252 e. The number of carbonyl (C=O) groups excluding carboxylic acids is 2. The summed E-state index contributed by atoms with van der Waals surface area (Å²) in [6, 6.07) is 16.8. The molecule has 0 saturated heterocycles. The van der Waals surface area contributed by atoms with Crippen LogP contribution in [0.1, 0.15) is 29.8 Å². The third-order valence-corrected chi connectivity index (χ3v) is 3.54. The fraction of sp³-hybridized carbons (Fsp3) is 0.263. The highest BCUT2D eigenvalue weighted by Crippen LogP contribution is 2.16. The minimum Gasteiger partial charge on any atom is -0.367 e. The van der Waals surface area contributed by atoms with Crippen LogP contribution in [-0.2, 0) is 16.1 Å². The average Bonchev–Trinajstić information content (AvgIpc) is 2.57. The SMILES string of the molecule is CCN(C(=O)COCc1ccccc1)c1ccc(C(C)=O)cc1. The molecular formula is C19H21NO3. The number of ketones is 1. The predicted octanol–water partition coefficient (Wildman–Crippen LogP) is 3.46. The Hall–Kier alpha value is -2.46. The third-order valence-electron chi connectivity index (χ3n) is 3.54. The van der Waals surface area contributed by atoms with E-state index < -0.39 is 0 Å². The van der Waals surface area contributed by atoms with Gasteiger partial charge >= 0.3 is 0 Å². The van der Waals surface area contributed by atoms with E-state index in [2.05, 4.69) is 0 Å². The summed E-state index contributed by atoms with van der Waals surface area (Å²) in [5.41, 5.74) is 2.44. The van der Waals surface area contributed by atoms with Crippen molar-refractivity contribution in [2.75, 3.05) is 18.1 Å². The van der Waals surface area contributed by atoms with E-state index in [0.717, 1.165) is 11.3 Å². The number of hydrogen-bond acceptors (Lipinski definition) is 3. The number of rotatable bonds is 7. The minimum absolute atomic E-state index is 0.0112. The maximum atomic E-state index is 12.3. The van der Waals surface area contributed by atoms with E-state index in [9.17, 15) is 9.59 Å². The van der Waals surface area contributed by atoms with Crippen molar-refractivity contribution < 1.29 is 14.3 Å². The Bertz CT molecular complexity index is 650. The molecular weight excluding hydrogens is 290 g/mol. The second kappa shape index (κ2) is 8.25. The van der Waals surface area contributed by atoms with Crippen LogP contribution in [-0.4, -0.2) is 24.8 Å². The van der Waals surface area contributed by atoms with E-state index in [4.69, 9.17) is 4.74 Å². The molecule has 2 rings (SSSR count). The molecule has 0 N–H and O–H groups in total. The quantitative estimate of drug-likeness (QED) is 0.736. The molecule has 4 heteroatoms. The van der Waals surface area contributed by atoms with Gasteiger partial charge in [0.05, 0.1) is 6.61 Å². The highest BCUT2D eigenvalue weighted by atomic mass is 16.5. The Labute approximate surface area is 136 Å². The van der Waals surface area contributed by atoms with Crippen molar-refractivity contribution in [2.45, 2.75) is 20.5 Å². The minimum atomic E-state index is -0.0981. The van der Waals surface area contributed by atoms with Gasteiger partial charge in [-0.15, -0.1) is 0 Å². The number of ether oxygens (including phenoxy) is 1. The van der Waals surface area contributed by atoms with E-state index >= 15 is 0 Å². The summed E-state index contributed by atoms with van der Waals surface area (Å²) >= 11 is 0. The van der Waals surface area contributed by atoms with Crippen molar-refractivity contribution in [3.05, 3.63) is 65.7 Å². The summed E-state index contributed by atoms with van der Waals surface area (Å²) in [6.45, 7) is 4.42. The molecule has 0 aliphatic rings. The van der Waals surface area contributed by atoms with Gasteiger partial charge in [0.2, 0.25) is 0 Å². The van der Waals surface area contributed by atoms with Gasteiger partial charge in [-0.25, -0.2) is 0 Å². The van der Waals surface area contributed by atoms with Crippen LogP contribution in [0.2, 0.25) is 0 Å². The number of benzene rings is 2. The summed E-state index contributed by atoms with van der Waals surface area (Å²) in [5, 5.41) is 0. The van der Waals surface area contributed by atoms with Crippen LogP contribution >= 0.6 is 0 Å². The second-order valence-corrected chi connectivity index (χ2v) is 5.22. The van der Waals surface area contributed by atoms with Crippen molar-refractivity contribution in [2.24, 2.45) is 0 Å². The van der Waals surface area contributed by atoms with E-state index in [1.807, 2.05) is 37.3 Å². The molecule has 0 saturated carbocycles. The maximum absolute atomic E-state index is 12.3. The van der Waals surface area contributed by atoms with E-state index in [1.165, 1.54) is 6.92 Å². The zero-order valence-electron chi connectivity index (χ0n) is 13.5. The molecule has 2 aromatic carbocycles. The molecule has 0 bridgehead atoms. The molecule has 0 aliphatic heterocycles. The monoisotopic (exact) mass is 311 g/mol. The molecule has 4 nitrogen and oxygen atoms in total. The van der Waals surface area contributed by atoms with Crippen LogP contribution in [0.15, 0.2) is 54.6 Å². The van der Waals surface area contributed by atoms with Crippen LogP contribution < -0.4 is 4.90 Å². The van der Waals surface area contributed by atoms with E-state index in [1.54, 1.807) is 29.2 Å². The highest BCUT2D eigenvalue weighted by molar-refractivity contribution is 5.96. The van der Waals surface area contributed by atoms with Crippen molar-refractivity contribution >= 4 is 17.4 Å². The van der Waals surface area contributed by atoms with Crippen LogP contribution in [0, 0.1) is 0 Å². The first-order chi connectivity index (χ1) is 11.1. The van der Waals surface area contributed by atoms with Gasteiger partial charge in [-0.2, -0.15) is 0 Å². The Balaban J connectivity index is 1.94. The zero-order valence-corrected chi connectivity index (χ0v) is 13.5. The molecule has 0 atom stereocenters. The Morgan fingerprint density at radius 3 is 2.22 bits per heavy atom. The van der Waals surface area contributed by atoms with Gasteiger partial charge in [-0.1, -0.05) is 30.3 Å². The van der Waals surface area contributed by atoms with Gasteiger partial charge in [-0.05, 0) is 43.7 Å². The number of amides is 1. The molecule has 0 heterocycles. The first-order valence-corrected chi connectivity index (χ1v) is 7.65. The molecule has 2 aromatic rings. The zero-order chi connectivity index (χ0) is 16.7. The normalized spacial score (nSPS) is 10.3. The molecule has 1 amide bonds. The summed E-state index contributed by atoms with van der Waals surface area (Å²) in [5.74, 6) is -0.0869. The molecule has 23 heavy (non-hydrogen) atoms. The van der Waals surface area contributed by atoms with Crippen LogP contribution in [0.5, 0.6) is 0 Å². The average molecular weight is 311 g/mol. The fourth-order valence-corrected chi connectivity index (χ4v) is 2.29. The Kier molecular flexibility index (Phi) is 6.06. The number of nitrogens with zero attached hydrogens (tertiary/aromatic N) is 1. The van der Waals surface area contributed by atoms with Gasteiger partial charge in [0.25, 0.3) is 5.91 Å². The molecule has 0 aromatic heterocycles. The lowest BCUT2D eigenvalue weighted by atomic mass is 10.1. The standard InChI is InChI=1S/C19H21NO3/c1-3-20(18-11-9-17(10-12-18)15(2)21)19(22)14-23-13-16-7-5-4-6-8-16/h4-12H,3,13-14H2,1-2H3. The van der Waals surface area contributed by atoms with Gasteiger partial charge in [0.15, 0.2) is 5.78 Å². The van der Waals surface area contributed by atoms with Gasteiger partial charge in [0.1, 0.15) is 6.61 Å². The molecule has 0 fully saturated rings. The predicted molar refractivity (Wildman–Crippen MR) is 90.6 cm³/mol.